The summed E-state index contributed by atoms with van der Waals surface area (Å²) in [6.45, 7) is 5.68. The normalized spacial score (nSPS) is 15.3. The fourth-order valence-corrected chi connectivity index (χ4v) is 5.52. The summed E-state index contributed by atoms with van der Waals surface area (Å²) in [7, 11) is 3.85. The Kier molecular flexibility index (Phi) is 7.67. The van der Waals surface area contributed by atoms with E-state index < -0.39 is 0 Å². The summed E-state index contributed by atoms with van der Waals surface area (Å²) >= 11 is 0. The molecule has 10 heteroatoms. The van der Waals surface area contributed by atoms with Crippen LogP contribution in [0.1, 0.15) is 33.5 Å². The van der Waals surface area contributed by atoms with Gasteiger partial charge in [-0.15, -0.1) is 5.10 Å². The summed E-state index contributed by atoms with van der Waals surface area (Å²) in [4.78, 5) is 27.3. The number of methoxy groups -OCH3 is 1. The molecule has 1 aliphatic heterocycles. The molecular formula is C31H36N8O2. The number of nitrogens with zero attached hydrogens (tertiary/aromatic N) is 6. The summed E-state index contributed by atoms with van der Waals surface area (Å²) in [5.74, 6) is 0.980. The van der Waals surface area contributed by atoms with Crippen molar-refractivity contribution in [1.29, 1.82) is 0 Å². The molecule has 0 unspecified atom stereocenters. The maximum absolute atomic E-state index is 13.1. The molecule has 2 aromatic heterocycles. The number of nitrogen functional groups attached to an aromatic ring is 1. The number of carbonyl (C=O) groups excluding carboxylic acids is 1. The maximum atomic E-state index is 13.1. The Hall–Kier alpha value is -4.28. The predicted molar refractivity (Wildman–Crippen MR) is 160 cm³/mol. The van der Waals surface area contributed by atoms with Gasteiger partial charge in [-0.25, -0.2) is 14.6 Å². The lowest BCUT2D eigenvalue weighted by molar-refractivity contribution is 0.102. The van der Waals surface area contributed by atoms with Crippen LogP contribution >= 0.6 is 0 Å². The molecule has 41 heavy (non-hydrogen) atoms. The number of ether oxygens (including phenoxy) is 1. The number of benzene rings is 2. The molecule has 2 aromatic carbocycles. The van der Waals surface area contributed by atoms with E-state index in [9.17, 15) is 4.79 Å². The lowest BCUT2D eigenvalue weighted by Gasteiger charge is -2.32. The van der Waals surface area contributed by atoms with E-state index in [2.05, 4.69) is 50.4 Å². The van der Waals surface area contributed by atoms with E-state index in [1.807, 2.05) is 30.5 Å². The van der Waals surface area contributed by atoms with E-state index in [4.69, 9.17) is 15.5 Å². The van der Waals surface area contributed by atoms with Crippen molar-refractivity contribution >= 4 is 17.4 Å². The minimum absolute atomic E-state index is 0.120. The number of carbonyl (C=O) groups is 1. The number of hydrogen-bond donors (Lipinski definition) is 2. The topological polar surface area (TPSA) is 114 Å². The molecule has 0 radical (unpaired) electrons. The summed E-state index contributed by atoms with van der Waals surface area (Å²) in [6.07, 6.45) is 7.29. The molecule has 1 amide bonds. The first-order valence-electron chi connectivity index (χ1n) is 14.2. The van der Waals surface area contributed by atoms with Gasteiger partial charge < -0.3 is 25.6 Å². The lowest BCUT2D eigenvalue weighted by atomic mass is 9.90. The van der Waals surface area contributed by atoms with E-state index in [1.54, 1.807) is 13.3 Å². The molecule has 6 rings (SSSR count). The Labute approximate surface area is 240 Å². The molecule has 1 saturated heterocycles. The molecule has 10 nitrogen and oxygen atoms in total. The number of likely N-dealkylation sites (N-methyl/N-ethyl adjacent to an activating group) is 1. The first kappa shape index (κ1) is 26.9. The van der Waals surface area contributed by atoms with Gasteiger partial charge in [0.2, 0.25) is 0 Å². The Morgan fingerprint density at radius 2 is 1.83 bits per heavy atom. The second kappa shape index (κ2) is 11.7. The first-order chi connectivity index (χ1) is 20.0. The van der Waals surface area contributed by atoms with E-state index in [-0.39, 0.29) is 17.3 Å². The molecule has 1 aliphatic carbocycles. The zero-order chi connectivity index (χ0) is 28.3. The number of amides is 1. The van der Waals surface area contributed by atoms with E-state index in [0.717, 1.165) is 81.0 Å². The van der Waals surface area contributed by atoms with Crippen LogP contribution in [-0.2, 0) is 19.3 Å². The highest BCUT2D eigenvalue weighted by Gasteiger charge is 2.22. The smallest absolute Gasteiger partial charge is 0.261 e. The third-order valence-electron chi connectivity index (χ3n) is 8.02. The van der Waals surface area contributed by atoms with Gasteiger partial charge in [-0.1, -0.05) is 12.1 Å². The molecule has 0 spiro atoms. The maximum Gasteiger partial charge on any atom is 0.261 e. The van der Waals surface area contributed by atoms with Crippen molar-refractivity contribution in [2.75, 3.05) is 57.9 Å². The van der Waals surface area contributed by atoms with Crippen molar-refractivity contribution in [1.82, 2.24) is 29.5 Å². The van der Waals surface area contributed by atoms with Crippen molar-refractivity contribution in [3.8, 4) is 23.0 Å². The van der Waals surface area contributed by atoms with Crippen LogP contribution in [0.5, 0.6) is 5.75 Å². The van der Waals surface area contributed by atoms with Crippen LogP contribution in [0.3, 0.4) is 0 Å². The number of piperazine rings is 1. The average Bonchev–Trinajstić information content (AvgIpc) is 3.40. The fourth-order valence-electron chi connectivity index (χ4n) is 5.52. The van der Waals surface area contributed by atoms with Gasteiger partial charge in [-0.3, -0.25) is 4.79 Å². The predicted octanol–water partition coefficient (Wildman–Crippen LogP) is 3.45. The largest absolute Gasteiger partial charge is 0.497 e. The molecule has 2 aliphatic rings. The summed E-state index contributed by atoms with van der Waals surface area (Å²) < 4.78 is 6.85. The zero-order valence-corrected chi connectivity index (χ0v) is 23.6. The molecule has 4 aromatic rings. The third-order valence-corrected chi connectivity index (χ3v) is 8.02. The third kappa shape index (κ3) is 5.94. The monoisotopic (exact) mass is 552 g/mol. The Morgan fingerprint density at radius 1 is 1.05 bits per heavy atom. The number of hydrogen-bond acceptors (Lipinski definition) is 8. The van der Waals surface area contributed by atoms with Crippen molar-refractivity contribution < 1.29 is 9.53 Å². The fraction of sp³-hybridized carbons (Fsp3) is 0.355. The minimum atomic E-state index is -0.327. The number of aryl methyl sites for hydroxylation is 3. The van der Waals surface area contributed by atoms with Gasteiger partial charge in [0.25, 0.3) is 11.9 Å². The van der Waals surface area contributed by atoms with Crippen LogP contribution in [0.25, 0.3) is 17.2 Å². The van der Waals surface area contributed by atoms with Crippen LogP contribution in [0, 0.1) is 0 Å². The summed E-state index contributed by atoms with van der Waals surface area (Å²) in [5, 5.41) is 7.29. The van der Waals surface area contributed by atoms with Gasteiger partial charge in [0.15, 0.2) is 5.82 Å². The van der Waals surface area contributed by atoms with Crippen molar-refractivity contribution in [2.45, 2.75) is 25.7 Å². The molecule has 0 bridgehead atoms. The number of anilines is 2. The molecule has 0 atom stereocenters. The van der Waals surface area contributed by atoms with Gasteiger partial charge in [0.1, 0.15) is 11.3 Å². The van der Waals surface area contributed by atoms with Gasteiger partial charge in [-0.05, 0) is 86.3 Å². The van der Waals surface area contributed by atoms with E-state index in [0.29, 0.717) is 11.6 Å². The molecule has 3 heterocycles. The van der Waals surface area contributed by atoms with Crippen LogP contribution in [0.2, 0.25) is 0 Å². The minimum Gasteiger partial charge on any atom is -0.497 e. The van der Waals surface area contributed by atoms with Crippen molar-refractivity contribution in [3.63, 3.8) is 0 Å². The van der Waals surface area contributed by atoms with Gasteiger partial charge in [0, 0.05) is 49.8 Å². The van der Waals surface area contributed by atoms with Crippen molar-refractivity contribution in [2.24, 2.45) is 0 Å². The highest BCUT2D eigenvalue weighted by atomic mass is 16.5. The van der Waals surface area contributed by atoms with Gasteiger partial charge in [-0.2, -0.15) is 0 Å². The number of nitrogens with one attached hydrogen (secondary N) is 1. The second-order valence-electron chi connectivity index (χ2n) is 10.8. The van der Waals surface area contributed by atoms with E-state index in [1.165, 1.54) is 15.8 Å². The molecular weight excluding hydrogens is 516 g/mol. The number of nitrogens with two attached hydrogens (primary N) is 1. The Morgan fingerprint density at radius 3 is 2.61 bits per heavy atom. The van der Waals surface area contributed by atoms with Gasteiger partial charge in [0.05, 0.1) is 12.8 Å². The molecule has 1 fully saturated rings. The highest BCUT2D eigenvalue weighted by molar-refractivity contribution is 6.07. The molecule has 0 saturated carbocycles. The molecule has 212 valence electrons. The Balaban J connectivity index is 1.10. The van der Waals surface area contributed by atoms with Crippen LogP contribution in [0.15, 0.2) is 54.9 Å². The summed E-state index contributed by atoms with van der Waals surface area (Å²) in [6, 6.07) is 14.0. The number of fused-ring (bicyclic) bond motifs is 3. The van der Waals surface area contributed by atoms with Crippen LogP contribution in [-0.4, -0.2) is 82.3 Å². The second-order valence-corrected chi connectivity index (χ2v) is 10.8. The van der Waals surface area contributed by atoms with E-state index >= 15 is 0 Å². The number of rotatable bonds is 8. The SMILES string of the molecule is COc1ccc2c(c1)CCc1cnc(-n3cc(C(=O)Nc4ccc(CCCN5CCN(C)CC5)cc4)c(N)n3)nc1-2. The van der Waals surface area contributed by atoms with Crippen LogP contribution in [0.4, 0.5) is 11.5 Å². The number of aromatic nitrogens is 4. The standard InChI is InChI=1S/C31H36N8O2/c1-37-14-16-38(17-15-37)13-3-4-21-5-9-24(10-6-21)34-30(40)27-20-39(36-29(27)32)31-33-19-23-8-7-22-18-25(41-2)11-12-26(22)28(23)35-31/h5-6,9-12,18-20H,3-4,7-8,13-17H2,1-2H3,(H2,32,36)(H,34,40). The van der Waals surface area contributed by atoms with Gasteiger partial charge >= 0.3 is 0 Å². The first-order valence-corrected chi connectivity index (χ1v) is 14.2. The zero-order valence-electron chi connectivity index (χ0n) is 23.6. The summed E-state index contributed by atoms with van der Waals surface area (Å²) in [5.41, 5.74) is 12.6. The average molecular weight is 553 g/mol. The lowest BCUT2D eigenvalue weighted by Crippen LogP contribution is -2.44. The van der Waals surface area contributed by atoms with Crippen molar-refractivity contribution in [3.05, 3.63) is 77.1 Å². The quantitative estimate of drug-likeness (QED) is 0.342. The van der Waals surface area contributed by atoms with Crippen LogP contribution < -0.4 is 15.8 Å². The highest BCUT2D eigenvalue weighted by Crippen LogP contribution is 2.34. The Bertz CT molecular complexity index is 1540. The molecule has 3 N–H and O–H groups in total.